The van der Waals surface area contributed by atoms with Gasteiger partial charge in [-0.1, -0.05) is 154 Å². The molecule has 0 amide bonds. The topological polar surface area (TPSA) is 72.8 Å². The van der Waals surface area contributed by atoms with Crippen LogP contribution in [0.5, 0.6) is 0 Å². The molecule has 1 atom stereocenters. The molecule has 0 aromatic rings. The first-order chi connectivity index (χ1) is 22.6. The normalized spacial score (nSPS) is 12.3. The highest BCUT2D eigenvalue weighted by Crippen LogP contribution is 2.13. The van der Waals surface area contributed by atoms with Crippen LogP contribution >= 0.6 is 0 Å². The van der Waals surface area contributed by atoms with E-state index in [1.165, 1.54) is 141 Å². The van der Waals surface area contributed by atoms with E-state index >= 15 is 0 Å². The second kappa shape index (κ2) is 37.8. The van der Waals surface area contributed by atoms with E-state index in [2.05, 4.69) is 38.2 Å². The molecule has 0 aliphatic heterocycles. The van der Waals surface area contributed by atoms with Crippen molar-refractivity contribution in [1.29, 1.82) is 0 Å². The number of hydrogen-bond donors (Lipinski definition) is 1. The minimum Gasteiger partial charge on any atom is -0.462 e. The van der Waals surface area contributed by atoms with E-state index in [4.69, 9.17) is 9.47 Å². The van der Waals surface area contributed by atoms with Crippen molar-refractivity contribution in [2.24, 2.45) is 0 Å². The molecule has 0 bridgehead atoms. The number of carbonyl (C=O) groups excluding carboxylic acids is 2. The van der Waals surface area contributed by atoms with Crippen LogP contribution in [0.15, 0.2) is 24.3 Å². The third kappa shape index (κ3) is 35.2. The highest BCUT2D eigenvalue weighted by atomic mass is 16.6. The summed E-state index contributed by atoms with van der Waals surface area (Å²) in [5.74, 6) is -0.596. The van der Waals surface area contributed by atoms with Gasteiger partial charge in [0.15, 0.2) is 6.10 Å². The molecule has 0 saturated carbocycles. The Kier molecular flexibility index (Phi) is 36.5. The molecule has 5 heteroatoms. The molecule has 1 N–H and O–H groups in total. The van der Waals surface area contributed by atoms with E-state index in [-0.39, 0.29) is 25.2 Å². The van der Waals surface area contributed by atoms with Crippen molar-refractivity contribution in [3.05, 3.63) is 24.3 Å². The van der Waals surface area contributed by atoms with Crippen molar-refractivity contribution in [3.63, 3.8) is 0 Å². The van der Waals surface area contributed by atoms with E-state index < -0.39 is 6.10 Å². The highest BCUT2D eigenvalue weighted by Gasteiger charge is 2.16. The van der Waals surface area contributed by atoms with Crippen LogP contribution in [0.25, 0.3) is 0 Å². The summed E-state index contributed by atoms with van der Waals surface area (Å²) in [6.07, 6.45) is 43.8. The molecule has 0 aliphatic rings. The molecule has 0 unspecified atom stereocenters. The summed E-state index contributed by atoms with van der Waals surface area (Å²) < 4.78 is 10.6. The van der Waals surface area contributed by atoms with Gasteiger partial charge in [0, 0.05) is 12.8 Å². The van der Waals surface area contributed by atoms with Crippen molar-refractivity contribution in [2.75, 3.05) is 13.2 Å². The number of aliphatic hydroxyl groups is 1. The van der Waals surface area contributed by atoms with E-state index in [0.717, 1.165) is 38.5 Å². The summed E-state index contributed by atoms with van der Waals surface area (Å²) >= 11 is 0. The predicted molar refractivity (Wildman–Crippen MR) is 196 cm³/mol. The van der Waals surface area contributed by atoms with E-state index in [1.807, 2.05) is 0 Å². The lowest BCUT2D eigenvalue weighted by atomic mass is 10.1. The summed E-state index contributed by atoms with van der Waals surface area (Å²) in [4.78, 5) is 24.2. The molecule has 0 spiro atoms. The van der Waals surface area contributed by atoms with Crippen molar-refractivity contribution in [3.8, 4) is 0 Å². The number of carbonyl (C=O) groups is 2. The van der Waals surface area contributed by atoms with Crippen molar-refractivity contribution >= 4 is 11.9 Å². The lowest BCUT2D eigenvalue weighted by Gasteiger charge is -2.15. The molecule has 0 saturated heterocycles. The number of allylic oxidation sites excluding steroid dienone is 4. The monoisotopic (exact) mass is 649 g/mol. The lowest BCUT2D eigenvalue weighted by Crippen LogP contribution is -2.28. The first-order valence-electron chi connectivity index (χ1n) is 19.9. The quantitative estimate of drug-likeness (QED) is 0.0416. The zero-order valence-electron chi connectivity index (χ0n) is 30.6. The molecule has 46 heavy (non-hydrogen) atoms. The molecule has 5 nitrogen and oxygen atoms in total. The van der Waals surface area contributed by atoms with Gasteiger partial charge >= 0.3 is 11.9 Å². The molecule has 270 valence electrons. The predicted octanol–water partition coefficient (Wildman–Crippen LogP) is 12.3. The average Bonchev–Trinajstić information content (AvgIpc) is 3.06. The van der Waals surface area contributed by atoms with Gasteiger partial charge in [-0.25, -0.2) is 0 Å². The highest BCUT2D eigenvalue weighted by molar-refractivity contribution is 5.70. The number of ether oxygens (including phenoxy) is 2. The van der Waals surface area contributed by atoms with Gasteiger partial charge in [0.25, 0.3) is 0 Å². The minimum absolute atomic E-state index is 0.0669. The van der Waals surface area contributed by atoms with E-state index in [0.29, 0.717) is 12.8 Å². The van der Waals surface area contributed by atoms with Gasteiger partial charge in [0.05, 0.1) is 6.61 Å². The van der Waals surface area contributed by atoms with Gasteiger partial charge < -0.3 is 14.6 Å². The molecule has 0 radical (unpaired) electrons. The van der Waals surface area contributed by atoms with Gasteiger partial charge in [-0.15, -0.1) is 0 Å². The number of esters is 2. The van der Waals surface area contributed by atoms with E-state index in [1.54, 1.807) is 0 Å². The van der Waals surface area contributed by atoms with Crippen LogP contribution in [0.2, 0.25) is 0 Å². The second-order valence-electron chi connectivity index (χ2n) is 13.4. The Bertz CT molecular complexity index is 701. The van der Waals surface area contributed by atoms with Crippen molar-refractivity contribution < 1.29 is 24.2 Å². The van der Waals surface area contributed by atoms with Gasteiger partial charge in [0.2, 0.25) is 0 Å². The lowest BCUT2D eigenvalue weighted by molar-refractivity contribution is -0.161. The molecule has 0 aliphatic carbocycles. The van der Waals surface area contributed by atoms with Gasteiger partial charge in [0.1, 0.15) is 6.61 Å². The van der Waals surface area contributed by atoms with Crippen LogP contribution in [0.3, 0.4) is 0 Å². The maximum Gasteiger partial charge on any atom is 0.306 e. The summed E-state index contributed by atoms with van der Waals surface area (Å²) in [6, 6.07) is 0. The standard InChI is InChI=1S/C41H76O5/c1-3-5-7-9-11-13-15-17-19-20-22-23-25-27-29-31-33-35-40(43)45-38-39(37-42)46-41(44)36-34-32-30-28-26-24-21-18-16-14-12-10-8-6-4-2/h14,16-17,19,39,42H,3-13,15,18,20-38H2,1-2H3/b16-14+,19-17+/t39-/m0/s1. The third-order valence-electron chi connectivity index (χ3n) is 8.72. The first-order valence-corrected chi connectivity index (χ1v) is 19.9. The van der Waals surface area contributed by atoms with Gasteiger partial charge in [-0.2, -0.15) is 0 Å². The fourth-order valence-corrected chi connectivity index (χ4v) is 5.66. The molecular weight excluding hydrogens is 572 g/mol. The maximum absolute atomic E-state index is 12.2. The Labute approximate surface area is 285 Å². The number of aliphatic hydroxyl groups excluding tert-OH is 1. The fourth-order valence-electron chi connectivity index (χ4n) is 5.66. The minimum atomic E-state index is -0.771. The summed E-state index contributed by atoms with van der Waals surface area (Å²) in [5, 5.41) is 9.55. The number of unbranched alkanes of at least 4 members (excludes halogenated alkanes) is 24. The van der Waals surface area contributed by atoms with Crippen LogP contribution < -0.4 is 0 Å². The van der Waals surface area contributed by atoms with Crippen LogP contribution in [-0.4, -0.2) is 36.4 Å². The average molecular weight is 649 g/mol. The van der Waals surface area contributed by atoms with Crippen LogP contribution in [0.4, 0.5) is 0 Å². The Morgan fingerprint density at radius 3 is 1.20 bits per heavy atom. The fraction of sp³-hybridized carbons (Fsp3) is 0.854. The SMILES string of the molecule is CCCCCC/C=C/CCCCCCCCCC(=O)O[C@@H](CO)COC(=O)CCCCCCCCC/C=C/CCCCCCCC. The summed E-state index contributed by atoms with van der Waals surface area (Å²) in [6.45, 7) is 4.12. The third-order valence-corrected chi connectivity index (χ3v) is 8.72. The summed E-state index contributed by atoms with van der Waals surface area (Å²) in [5.41, 5.74) is 0. The van der Waals surface area contributed by atoms with Gasteiger partial charge in [-0.3, -0.25) is 9.59 Å². The molecule has 0 aromatic heterocycles. The molecule has 0 fully saturated rings. The Morgan fingerprint density at radius 1 is 0.478 bits per heavy atom. The largest absolute Gasteiger partial charge is 0.462 e. The van der Waals surface area contributed by atoms with Crippen molar-refractivity contribution in [1.82, 2.24) is 0 Å². The van der Waals surface area contributed by atoms with Gasteiger partial charge in [-0.05, 0) is 64.2 Å². The van der Waals surface area contributed by atoms with Crippen molar-refractivity contribution in [2.45, 2.75) is 213 Å². The number of hydrogen-bond acceptors (Lipinski definition) is 5. The zero-order valence-corrected chi connectivity index (χ0v) is 30.6. The summed E-state index contributed by atoms with van der Waals surface area (Å²) in [7, 11) is 0. The van der Waals surface area contributed by atoms with Crippen LogP contribution in [0, 0.1) is 0 Å². The molecule has 0 rings (SSSR count). The van der Waals surface area contributed by atoms with Crippen LogP contribution in [0.1, 0.15) is 206 Å². The smallest absolute Gasteiger partial charge is 0.306 e. The Morgan fingerprint density at radius 2 is 0.804 bits per heavy atom. The maximum atomic E-state index is 12.2. The first kappa shape index (κ1) is 44.4. The molecule has 0 heterocycles. The Hall–Kier alpha value is -1.62. The second-order valence-corrected chi connectivity index (χ2v) is 13.4. The molecular formula is C41H76O5. The zero-order chi connectivity index (χ0) is 33.6. The van der Waals surface area contributed by atoms with Crippen LogP contribution in [-0.2, 0) is 19.1 Å². The van der Waals surface area contributed by atoms with E-state index in [9.17, 15) is 14.7 Å². The number of rotatable bonds is 36. The Balaban J connectivity index is 3.54. The molecule has 0 aromatic carbocycles.